The van der Waals surface area contributed by atoms with Crippen LogP contribution in [0.4, 0.5) is 5.69 Å². The predicted octanol–water partition coefficient (Wildman–Crippen LogP) is 5.23. The molecular formula is C23H28N4O. The number of carbonyl (C=O) groups excluding carboxylic acids is 1. The molecule has 0 radical (unpaired) electrons. The quantitative estimate of drug-likeness (QED) is 0.663. The standard InChI is InChI=1S/C23H28N4O/c1-22(2,3)16-23(4,5)17-11-13-19(14-12-17)27-15-20(25-26-27)21(28)24-18-9-7-6-8-10-18/h6-15H,16H2,1-5H3,(H,24,28). The highest BCUT2D eigenvalue weighted by Crippen LogP contribution is 2.36. The number of aromatic nitrogens is 3. The van der Waals surface area contributed by atoms with E-state index in [9.17, 15) is 4.79 Å². The van der Waals surface area contributed by atoms with Gasteiger partial charge in [0.15, 0.2) is 5.69 Å². The molecule has 146 valence electrons. The average molecular weight is 377 g/mol. The summed E-state index contributed by atoms with van der Waals surface area (Å²) in [4.78, 5) is 12.4. The fourth-order valence-electron chi connectivity index (χ4n) is 3.70. The van der Waals surface area contributed by atoms with Crippen molar-refractivity contribution >= 4 is 11.6 Å². The fraction of sp³-hybridized carbons (Fsp3) is 0.348. The van der Waals surface area contributed by atoms with Crippen LogP contribution >= 0.6 is 0 Å². The molecule has 5 nitrogen and oxygen atoms in total. The Bertz CT molecular complexity index is 935. The highest BCUT2D eigenvalue weighted by atomic mass is 16.2. The largest absolute Gasteiger partial charge is 0.321 e. The Labute approximate surface area is 166 Å². The zero-order valence-corrected chi connectivity index (χ0v) is 17.2. The molecule has 28 heavy (non-hydrogen) atoms. The third-order valence-electron chi connectivity index (χ3n) is 4.64. The molecule has 1 N–H and O–H groups in total. The van der Waals surface area contributed by atoms with Gasteiger partial charge in [-0.15, -0.1) is 5.10 Å². The first-order valence-corrected chi connectivity index (χ1v) is 9.54. The van der Waals surface area contributed by atoms with Crippen molar-refractivity contribution in [2.75, 3.05) is 5.32 Å². The SMILES string of the molecule is CC(C)(C)CC(C)(C)c1ccc(-n2cc(C(=O)Nc3ccccc3)nn2)cc1. The van der Waals surface area contributed by atoms with E-state index >= 15 is 0 Å². The van der Waals surface area contributed by atoms with E-state index in [0.29, 0.717) is 0 Å². The average Bonchev–Trinajstić information content (AvgIpc) is 3.11. The predicted molar refractivity (Wildman–Crippen MR) is 113 cm³/mol. The molecule has 0 bridgehead atoms. The maximum atomic E-state index is 12.4. The summed E-state index contributed by atoms with van der Waals surface area (Å²) in [5.41, 5.74) is 3.51. The Morgan fingerprint density at radius 2 is 1.61 bits per heavy atom. The molecule has 1 aromatic heterocycles. The van der Waals surface area contributed by atoms with Crippen LogP contribution in [0.2, 0.25) is 0 Å². The Hall–Kier alpha value is -2.95. The van der Waals surface area contributed by atoms with Gasteiger partial charge in [0, 0.05) is 5.69 Å². The molecule has 0 unspecified atom stereocenters. The van der Waals surface area contributed by atoms with Crippen molar-refractivity contribution in [1.29, 1.82) is 0 Å². The first-order chi connectivity index (χ1) is 13.1. The number of nitrogens with one attached hydrogen (secondary N) is 1. The van der Waals surface area contributed by atoms with Crippen molar-refractivity contribution in [3.63, 3.8) is 0 Å². The van der Waals surface area contributed by atoms with Gasteiger partial charge < -0.3 is 5.32 Å². The monoisotopic (exact) mass is 376 g/mol. The van der Waals surface area contributed by atoms with Crippen molar-refractivity contribution in [3.8, 4) is 5.69 Å². The number of amides is 1. The number of benzene rings is 2. The van der Waals surface area contributed by atoms with Gasteiger partial charge in [-0.05, 0) is 47.1 Å². The first kappa shape index (κ1) is 19.8. The van der Waals surface area contributed by atoms with Crippen LogP contribution in [-0.4, -0.2) is 20.9 Å². The molecule has 0 saturated heterocycles. The van der Waals surface area contributed by atoms with Gasteiger partial charge >= 0.3 is 0 Å². The molecule has 5 heteroatoms. The third kappa shape index (κ3) is 4.85. The number of anilines is 1. The Balaban J connectivity index is 1.74. The zero-order valence-electron chi connectivity index (χ0n) is 17.2. The molecule has 0 aliphatic carbocycles. The van der Waals surface area contributed by atoms with Gasteiger partial charge in [0.2, 0.25) is 0 Å². The van der Waals surface area contributed by atoms with Crippen LogP contribution in [0.1, 0.15) is 57.1 Å². The number of hydrogen-bond acceptors (Lipinski definition) is 3. The smallest absolute Gasteiger partial charge is 0.277 e. The number of nitrogens with zero attached hydrogens (tertiary/aromatic N) is 3. The van der Waals surface area contributed by atoms with Gasteiger partial charge in [-0.2, -0.15) is 0 Å². The van der Waals surface area contributed by atoms with Crippen LogP contribution in [0.5, 0.6) is 0 Å². The summed E-state index contributed by atoms with van der Waals surface area (Å²) in [6, 6.07) is 17.6. The third-order valence-corrected chi connectivity index (χ3v) is 4.64. The van der Waals surface area contributed by atoms with E-state index in [1.165, 1.54) is 5.56 Å². The van der Waals surface area contributed by atoms with Crippen molar-refractivity contribution < 1.29 is 4.79 Å². The number of para-hydroxylation sites is 1. The minimum absolute atomic E-state index is 0.0832. The number of rotatable bonds is 5. The summed E-state index contributed by atoms with van der Waals surface area (Å²) in [5.74, 6) is -0.277. The van der Waals surface area contributed by atoms with Crippen molar-refractivity contribution in [2.24, 2.45) is 5.41 Å². The number of carbonyl (C=O) groups is 1. The fourth-order valence-corrected chi connectivity index (χ4v) is 3.70. The molecule has 0 saturated carbocycles. The van der Waals surface area contributed by atoms with Crippen molar-refractivity contribution in [3.05, 3.63) is 72.1 Å². The summed E-state index contributed by atoms with van der Waals surface area (Å²) in [7, 11) is 0. The first-order valence-electron chi connectivity index (χ1n) is 9.54. The zero-order chi connectivity index (χ0) is 20.4. The summed E-state index contributed by atoms with van der Waals surface area (Å²) in [6.45, 7) is 11.3. The van der Waals surface area contributed by atoms with Crippen LogP contribution in [-0.2, 0) is 5.41 Å². The van der Waals surface area contributed by atoms with Crippen LogP contribution in [0, 0.1) is 5.41 Å². The Morgan fingerprint density at radius 3 is 2.21 bits per heavy atom. The molecule has 0 spiro atoms. The lowest BCUT2D eigenvalue weighted by Gasteiger charge is -2.33. The van der Waals surface area contributed by atoms with E-state index in [1.807, 2.05) is 42.5 Å². The molecule has 0 fully saturated rings. The minimum atomic E-state index is -0.277. The van der Waals surface area contributed by atoms with Gasteiger partial charge in [0.05, 0.1) is 11.9 Å². The molecule has 0 aliphatic heterocycles. The molecule has 2 aromatic carbocycles. The lowest BCUT2D eigenvalue weighted by Crippen LogP contribution is -2.24. The molecule has 0 atom stereocenters. The topological polar surface area (TPSA) is 59.8 Å². The van der Waals surface area contributed by atoms with Crippen molar-refractivity contribution in [1.82, 2.24) is 15.0 Å². The van der Waals surface area contributed by atoms with E-state index in [-0.39, 0.29) is 22.4 Å². The lowest BCUT2D eigenvalue weighted by atomic mass is 9.72. The van der Waals surface area contributed by atoms with Crippen LogP contribution in [0.3, 0.4) is 0 Å². The Morgan fingerprint density at radius 1 is 0.964 bits per heavy atom. The molecular weight excluding hydrogens is 348 g/mol. The van der Waals surface area contributed by atoms with Gasteiger partial charge in [0.25, 0.3) is 5.91 Å². The molecule has 1 amide bonds. The highest BCUT2D eigenvalue weighted by Gasteiger charge is 2.27. The summed E-state index contributed by atoms with van der Waals surface area (Å²) in [6.07, 6.45) is 2.74. The molecule has 1 heterocycles. The second kappa shape index (κ2) is 7.58. The van der Waals surface area contributed by atoms with E-state index in [4.69, 9.17) is 0 Å². The highest BCUT2D eigenvalue weighted by molar-refractivity contribution is 6.02. The van der Waals surface area contributed by atoms with Crippen LogP contribution in [0.25, 0.3) is 5.69 Å². The normalized spacial score (nSPS) is 12.0. The van der Waals surface area contributed by atoms with E-state index in [1.54, 1.807) is 10.9 Å². The van der Waals surface area contributed by atoms with Crippen LogP contribution in [0.15, 0.2) is 60.8 Å². The van der Waals surface area contributed by atoms with Gasteiger partial charge in [0.1, 0.15) is 0 Å². The summed E-state index contributed by atoms with van der Waals surface area (Å²) >= 11 is 0. The molecule has 3 rings (SSSR count). The molecule has 0 aliphatic rings. The minimum Gasteiger partial charge on any atom is -0.321 e. The second-order valence-electron chi connectivity index (χ2n) is 9.04. The summed E-state index contributed by atoms with van der Waals surface area (Å²) < 4.78 is 1.63. The Kier molecular flexibility index (Phi) is 5.36. The van der Waals surface area contributed by atoms with E-state index < -0.39 is 0 Å². The van der Waals surface area contributed by atoms with Gasteiger partial charge in [-0.3, -0.25) is 4.79 Å². The molecule has 3 aromatic rings. The van der Waals surface area contributed by atoms with Crippen molar-refractivity contribution in [2.45, 2.75) is 46.5 Å². The van der Waals surface area contributed by atoms with Crippen LogP contribution < -0.4 is 5.32 Å². The maximum Gasteiger partial charge on any atom is 0.277 e. The lowest BCUT2D eigenvalue weighted by molar-refractivity contribution is 0.102. The van der Waals surface area contributed by atoms with E-state index in [2.05, 4.69) is 62.4 Å². The van der Waals surface area contributed by atoms with Gasteiger partial charge in [-0.25, -0.2) is 4.68 Å². The van der Waals surface area contributed by atoms with Gasteiger partial charge in [-0.1, -0.05) is 70.2 Å². The maximum absolute atomic E-state index is 12.4. The second-order valence-corrected chi connectivity index (χ2v) is 9.04. The summed E-state index contributed by atoms with van der Waals surface area (Å²) in [5, 5.41) is 10.9. The van der Waals surface area contributed by atoms with E-state index in [0.717, 1.165) is 17.8 Å². The number of hydrogen-bond donors (Lipinski definition) is 1.